The number of esters is 1. The van der Waals surface area contributed by atoms with Gasteiger partial charge in [0.1, 0.15) is 10.9 Å². The maximum Gasteiger partial charge on any atom is 0.329 e. The average Bonchev–Trinajstić information content (AvgIpc) is 2.65. The summed E-state index contributed by atoms with van der Waals surface area (Å²) in [5.41, 5.74) is -4.46. The molecule has 1 saturated carbocycles. The van der Waals surface area contributed by atoms with Gasteiger partial charge in [-0.2, -0.15) is 5.26 Å². The number of halogens is 5. The number of fused-ring (bicyclic) bond motifs is 1. The summed E-state index contributed by atoms with van der Waals surface area (Å²) in [6.45, 7) is 2.19. The van der Waals surface area contributed by atoms with E-state index in [0.717, 1.165) is 19.9 Å². The Bertz CT molecular complexity index is 478. The highest BCUT2D eigenvalue weighted by Gasteiger charge is 2.97. The first-order valence-corrected chi connectivity index (χ1v) is 6.56. The molecule has 3 nitrogen and oxygen atoms in total. The van der Waals surface area contributed by atoms with E-state index in [2.05, 4.69) is 4.74 Å². The van der Waals surface area contributed by atoms with E-state index in [1.165, 1.54) is 0 Å². The molecule has 1 aliphatic carbocycles. The Morgan fingerprint density at radius 2 is 1.76 bits per heavy atom. The molecule has 0 aromatic rings. The third-order valence-electron chi connectivity index (χ3n) is 3.24. The van der Waals surface area contributed by atoms with E-state index in [0.29, 0.717) is 0 Å². The van der Waals surface area contributed by atoms with Crippen molar-refractivity contribution < 1.29 is 29.0 Å². The SMILES string of the molecule is CC1(C)OC(=O)[C@@]2(C#N)[C@H](S(F)(F)(F)(F)F)[C@@H]12. The molecular formula is C8H8F5NO2S. The summed E-state index contributed by atoms with van der Waals surface area (Å²) in [7, 11) is -9.88. The van der Waals surface area contributed by atoms with Gasteiger partial charge in [-0.3, -0.25) is 4.79 Å². The fourth-order valence-electron chi connectivity index (χ4n) is 2.69. The van der Waals surface area contributed by atoms with Crippen LogP contribution in [-0.2, 0) is 9.53 Å². The first kappa shape index (κ1) is 12.4. The Morgan fingerprint density at radius 3 is 2.00 bits per heavy atom. The van der Waals surface area contributed by atoms with E-state index < -0.39 is 38.4 Å². The summed E-state index contributed by atoms with van der Waals surface area (Å²) in [6, 6.07) is 1.08. The van der Waals surface area contributed by atoms with E-state index in [4.69, 9.17) is 5.26 Å². The third kappa shape index (κ3) is 1.36. The highest BCUT2D eigenvalue weighted by atomic mass is 32.5. The van der Waals surface area contributed by atoms with Gasteiger partial charge in [0.05, 0.1) is 12.0 Å². The van der Waals surface area contributed by atoms with Gasteiger partial charge in [-0.25, -0.2) is 0 Å². The normalized spacial score (nSPS) is 42.8. The molecule has 1 heterocycles. The topological polar surface area (TPSA) is 50.1 Å². The molecule has 9 heteroatoms. The van der Waals surface area contributed by atoms with E-state index in [-0.39, 0.29) is 0 Å². The third-order valence-corrected chi connectivity index (χ3v) is 4.84. The minimum Gasteiger partial charge on any atom is -0.458 e. The van der Waals surface area contributed by atoms with Crippen LogP contribution in [0.1, 0.15) is 13.8 Å². The molecule has 2 aliphatic rings. The van der Waals surface area contributed by atoms with Crippen LogP contribution < -0.4 is 0 Å². The first-order chi connectivity index (χ1) is 7.16. The predicted octanol–water partition coefficient (Wildman–Crippen LogP) is 3.13. The van der Waals surface area contributed by atoms with Crippen LogP contribution in [0, 0.1) is 22.7 Å². The summed E-state index contributed by atoms with van der Waals surface area (Å²) in [5, 5.41) is 5.48. The molecule has 0 radical (unpaired) electrons. The Kier molecular flexibility index (Phi) is 1.56. The highest BCUT2D eigenvalue weighted by Crippen LogP contribution is 3.07. The van der Waals surface area contributed by atoms with E-state index in [9.17, 15) is 24.2 Å². The lowest BCUT2D eigenvalue weighted by atomic mass is 9.99. The Labute approximate surface area is 93.3 Å². The first-order valence-electron chi connectivity index (χ1n) is 4.54. The van der Waals surface area contributed by atoms with Crippen LogP contribution in [-0.4, -0.2) is 16.8 Å². The van der Waals surface area contributed by atoms with Crippen molar-refractivity contribution in [1.29, 1.82) is 5.26 Å². The van der Waals surface area contributed by atoms with Crippen LogP contribution in [0.25, 0.3) is 0 Å². The summed E-state index contributed by atoms with van der Waals surface area (Å²) in [4.78, 5) is 11.3. The number of nitrogens with zero attached hydrogens (tertiary/aromatic N) is 1. The van der Waals surface area contributed by atoms with Crippen molar-refractivity contribution in [3.05, 3.63) is 0 Å². The number of cyclic esters (lactones) is 1. The number of carbonyl (C=O) groups is 1. The quantitative estimate of drug-likeness (QED) is 0.546. The molecule has 98 valence electrons. The maximum atomic E-state index is 12.7. The molecule has 17 heavy (non-hydrogen) atoms. The van der Waals surface area contributed by atoms with Crippen LogP contribution in [0.2, 0.25) is 0 Å². The van der Waals surface area contributed by atoms with Gasteiger partial charge in [0, 0.05) is 0 Å². The zero-order valence-corrected chi connectivity index (χ0v) is 9.53. The Morgan fingerprint density at radius 1 is 1.29 bits per heavy atom. The zero-order chi connectivity index (χ0) is 13.6. The monoisotopic (exact) mass is 277 g/mol. The number of ether oxygens (including phenoxy) is 1. The molecule has 3 atom stereocenters. The molecular weight excluding hydrogens is 269 g/mol. The highest BCUT2D eigenvalue weighted by molar-refractivity contribution is 8.46. The van der Waals surface area contributed by atoms with Gasteiger partial charge in [-0.1, -0.05) is 19.4 Å². The fraction of sp³-hybridized carbons (Fsp3) is 0.750. The molecule has 0 unspecified atom stereocenters. The lowest BCUT2D eigenvalue weighted by molar-refractivity contribution is -0.152. The summed E-state index contributed by atoms with van der Waals surface area (Å²) >= 11 is 0. The van der Waals surface area contributed by atoms with Crippen molar-refractivity contribution in [2.24, 2.45) is 11.3 Å². The second-order valence-corrected chi connectivity index (χ2v) is 7.47. The van der Waals surface area contributed by atoms with E-state index in [1.54, 1.807) is 0 Å². The minimum atomic E-state index is -9.88. The number of nitriles is 1. The fourth-order valence-corrected chi connectivity index (χ4v) is 4.66. The largest absolute Gasteiger partial charge is 0.458 e. The Balaban J connectivity index is 2.60. The van der Waals surface area contributed by atoms with Crippen molar-refractivity contribution in [2.75, 3.05) is 0 Å². The molecule has 0 aromatic heterocycles. The van der Waals surface area contributed by atoms with Gasteiger partial charge in [0.15, 0.2) is 5.41 Å². The predicted molar refractivity (Wildman–Crippen MR) is 48.6 cm³/mol. The number of hydrogen-bond donors (Lipinski definition) is 0. The second kappa shape index (κ2) is 2.13. The molecule has 0 bridgehead atoms. The van der Waals surface area contributed by atoms with Crippen molar-refractivity contribution in [1.82, 2.24) is 0 Å². The number of hydrogen-bond acceptors (Lipinski definition) is 3. The van der Waals surface area contributed by atoms with Crippen LogP contribution in [0.4, 0.5) is 19.4 Å². The molecule has 0 N–H and O–H groups in total. The van der Waals surface area contributed by atoms with E-state index in [1.807, 2.05) is 0 Å². The zero-order valence-electron chi connectivity index (χ0n) is 8.72. The van der Waals surface area contributed by atoms with Gasteiger partial charge in [-0.05, 0) is 13.8 Å². The lowest BCUT2D eigenvalue weighted by Gasteiger charge is -2.43. The summed E-state index contributed by atoms with van der Waals surface area (Å²) in [6.07, 6.45) is 0. The van der Waals surface area contributed by atoms with Crippen LogP contribution in [0.5, 0.6) is 0 Å². The molecule has 1 saturated heterocycles. The summed E-state index contributed by atoms with van der Waals surface area (Å²) in [5.74, 6) is -3.34. The molecule has 2 rings (SSSR count). The molecule has 0 spiro atoms. The second-order valence-electron chi connectivity index (χ2n) is 4.90. The lowest BCUT2D eigenvalue weighted by Crippen LogP contribution is -2.33. The van der Waals surface area contributed by atoms with Crippen molar-refractivity contribution in [3.63, 3.8) is 0 Å². The van der Waals surface area contributed by atoms with Gasteiger partial charge in [-0.15, -0.1) is 0 Å². The minimum absolute atomic E-state index is 1.08. The molecule has 1 aliphatic heterocycles. The number of rotatable bonds is 1. The van der Waals surface area contributed by atoms with Crippen molar-refractivity contribution in [2.45, 2.75) is 24.7 Å². The van der Waals surface area contributed by atoms with Crippen molar-refractivity contribution in [3.8, 4) is 6.07 Å². The Hall–Kier alpha value is -1.04. The van der Waals surface area contributed by atoms with Crippen LogP contribution in [0.15, 0.2) is 0 Å². The molecule has 2 fully saturated rings. The van der Waals surface area contributed by atoms with Crippen LogP contribution >= 0.6 is 10.2 Å². The summed E-state index contributed by atoms with van der Waals surface area (Å²) < 4.78 is 68.1. The van der Waals surface area contributed by atoms with Gasteiger partial charge in [0.25, 0.3) is 10.2 Å². The van der Waals surface area contributed by atoms with Gasteiger partial charge < -0.3 is 4.74 Å². The molecule has 0 aromatic carbocycles. The van der Waals surface area contributed by atoms with Gasteiger partial charge >= 0.3 is 5.97 Å². The smallest absolute Gasteiger partial charge is 0.329 e. The number of carbonyl (C=O) groups excluding carboxylic acids is 1. The van der Waals surface area contributed by atoms with Gasteiger partial charge in [0.2, 0.25) is 0 Å². The van der Waals surface area contributed by atoms with E-state index >= 15 is 0 Å². The standard InChI is InChI=1S/C8H8F5NO2S/c1-7(2)4-5(17(9,10,11,12)13)8(4,3-14)6(15)16-7/h4-5H,1-2H3/t4-,5+,8+/m0/s1. The van der Waals surface area contributed by atoms with Crippen LogP contribution in [0.3, 0.4) is 0 Å². The maximum absolute atomic E-state index is 12.7. The van der Waals surface area contributed by atoms with Crippen molar-refractivity contribution >= 4 is 16.2 Å². The molecule has 0 amide bonds. The average molecular weight is 277 g/mol.